The normalized spacial score (nSPS) is 17.1. The molecule has 3 aromatic carbocycles. The number of aliphatic hydroxyl groups excluding tert-OH is 1. The molecule has 2 heterocycles. The van der Waals surface area contributed by atoms with Gasteiger partial charge in [0.25, 0.3) is 0 Å². The lowest BCUT2D eigenvalue weighted by Crippen LogP contribution is -2.42. The van der Waals surface area contributed by atoms with Gasteiger partial charge in [-0.3, -0.25) is 4.79 Å². The number of carbonyl (C=O) groups excluding carboxylic acids is 2. The highest BCUT2D eigenvalue weighted by molar-refractivity contribution is 5.86. The van der Waals surface area contributed by atoms with Crippen LogP contribution < -0.4 is 0 Å². The maximum atomic E-state index is 14.1. The number of aliphatic hydroxyl groups is 1. The number of nitrogens with zero attached hydrogens (tertiary/aromatic N) is 3. The van der Waals surface area contributed by atoms with Crippen LogP contribution in [0.1, 0.15) is 17.5 Å². The molecular formula is C29H26FN3O4. The highest BCUT2D eigenvalue weighted by Gasteiger charge is 2.40. The fraction of sp³-hybridized carbons (Fsp3) is 0.207. The number of likely N-dealkylation sites (tertiary alicyclic amines) is 1. The van der Waals surface area contributed by atoms with Gasteiger partial charge >= 0.3 is 5.97 Å². The van der Waals surface area contributed by atoms with E-state index in [2.05, 4.69) is 0 Å². The van der Waals surface area contributed by atoms with E-state index in [0.717, 1.165) is 11.3 Å². The van der Waals surface area contributed by atoms with Crippen molar-refractivity contribution in [2.24, 2.45) is 0 Å². The van der Waals surface area contributed by atoms with Crippen LogP contribution >= 0.6 is 0 Å². The lowest BCUT2D eigenvalue weighted by molar-refractivity contribution is -0.154. The third-order valence-corrected chi connectivity index (χ3v) is 6.40. The van der Waals surface area contributed by atoms with E-state index in [1.165, 1.54) is 17.0 Å². The number of ether oxygens (including phenoxy) is 1. The average Bonchev–Trinajstić information content (AvgIpc) is 3.54. The molecule has 0 spiro atoms. The summed E-state index contributed by atoms with van der Waals surface area (Å²) in [6, 6.07) is 24.3. The first-order valence-corrected chi connectivity index (χ1v) is 12.1. The van der Waals surface area contributed by atoms with Crippen LogP contribution in [0, 0.1) is 5.82 Å². The predicted octanol–water partition coefficient (Wildman–Crippen LogP) is 3.93. The maximum Gasteiger partial charge on any atom is 0.329 e. The van der Waals surface area contributed by atoms with Crippen molar-refractivity contribution in [2.45, 2.75) is 31.6 Å². The molecule has 5 rings (SSSR count). The number of β-amino-alcohol motifs (C(OH)–C–C–N with tert-alkyl or cyclic N) is 1. The monoisotopic (exact) mass is 499 g/mol. The van der Waals surface area contributed by atoms with E-state index in [4.69, 9.17) is 9.84 Å². The number of amides is 1. The van der Waals surface area contributed by atoms with E-state index in [-0.39, 0.29) is 31.6 Å². The summed E-state index contributed by atoms with van der Waals surface area (Å²) in [5, 5.41) is 14.9. The molecule has 2 unspecified atom stereocenters. The Hall–Kier alpha value is -4.30. The third-order valence-electron chi connectivity index (χ3n) is 6.40. The second-order valence-electron chi connectivity index (χ2n) is 8.98. The molecule has 1 fully saturated rings. The molecule has 2 atom stereocenters. The first-order chi connectivity index (χ1) is 18.0. The van der Waals surface area contributed by atoms with E-state index in [9.17, 15) is 19.1 Å². The van der Waals surface area contributed by atoms with E-state index < -0.39 is 29.8 Å². The number of rotatable bonds is 7. The lowest BCUT2D eigenvalue weighted by Gasteiger charge is -2.23. The molecule has 0 bridgehead atoms. The second kappa shape index (κ2) is 10.8. The van der Waals surface area contributed by atoms with Crippen LogP contribution in [0.5, 0.6) is 0 Å². The molecule has 1 amide bonds. The molecule has 8 heteroatoms. The minimum atomic E-state index is -0.946. The van der Waals surface area contributed by atoms with Gasteiger partial charge in [-0.25, -0.2) is 13.9 Å². The summed E-state index contributed by atoms with van der Waals surface area (Å²) in [6.07, 6.45) is 0.819. The van der Waals surface area contributed by atoms with Crippen molar-refractivity contribution in [3.8, 4) is 16.9 Å². The number of halogens is 1. The Labute approximate surface area is 213 Å². The fourth-order valence-corrected chi connectivity index (χ4v) is 4.53. The summed E-state index contributed by atoms with van der Waals surface area (Å²) in [7, 11) is 0. The summed E-state index contributed by atoms with van der Waals surface area (Å²) in [4.78, 5) is 27.3. The zero-order valence-corrected chi connectivity index (χ0v) is 20.0. The molecule has 37 heavy (non-hydrogen) atoms. The molecular weight excluding hydrogens is 473 g/mol. The highest BCUT2D eigenvalue weighted by atomic mass is 19.1. The largest absolute Gasteiger partial charge is 0.459 e. The minimum absolute atomic E-state index is 0.00570. The number of aromatic nitrogens is 2. The second-order valence-corrected chi connectivity index (χ2v) is 8.98. The minimum Gasteiger partial charge on any atom is -0.459 e. The van der Waals surface area contributed by atoms with Gasteiger partial charge in [0.1, 0.15) is 18.5 Å². The Morgan fingerprint density at radius 3 is 2.35 bits per heavy atom. The van der Waals surface area contributed by atoms with E-state index in [1.54, 1.807) is 16.8 Å². The van der Waals surface area contributed by atoms with Crippen LogP contribution in [-0.2, 0) is 27.4 Å². The van der Waals surface area contributed by atoms with Crippen molar-refractivity contribution in [2.75, 3.05) is 6.54 Å². The molecule has 0 radical (unpaired) electrons. The molecule has 4 aromatic rings. The Bertz CT molecular complexity index is 1390. The zero-order valence-electron chi connectivity index (χ0n) is 20.0. The van der Waals surface area contributed by atoms with Crippen LogP contribution in [-0.4, -0.2) is 50.4 Å². The van der Waals surface area contributed by atoms with Gasteiger partial charge in [0.15, 0.2) is 0 Å². The summed E-state index contributed by atoms with van der Waals surface area (Å²) < 4.78 is 21.4. The van der Waals surface area contributed by atoms with E-state index in [1.807, 2.05) is 66.9 Å². The van der Waals surface area contributed by atoms with Gasteiger partial charge in [0.05, 0.1) is 23.9 Å². The van der Waals surface area contributed by atoms with Crippen LogP contribution in [0.25, 0.3) is 16.9 Å². The van der Waals surface area contributed by atoms with Gasteiger partial charge in [-0.05, 0) is 23.8 Å². The third kappa shape index (κ3) is 5.44. The van der Waals surface area contributed by atoms with Crippen LogP contribution in [0.15, 0.2) is 91.1 Å². The van der Waals surface area contributed by atoms with Gasteiger partial charge in [0.2, 0.25) is 5.91 Å². The van der Waals surface area contributed by atoms with Gasteiger partial charge in [-0.2, -0.15) is 5.10 Å². The Morgan fingerprint density at radius 1 is 0.946 bits per heavy atom. The fourth-order valence-electron chi connectivity index (χ4n) is 4.53. The molecule has 1 aromatic heterocycles. The van der Waals surface area contributed by atoms with Crippen LogP contribution in [0.3, 0.4) is 0 Å². The smallest absolute Gasteiger partial charge is 0.329 e. The molecule has 1 saturated heterocycles. The van der Waals surface area contributed by atoms with Gasteiger partial charge < -0.3 is 14.7 Å². The number of para-hydroxylation sites is 1. The Morgan fingerprint density at radius 2 is 1.62 bits per heavy atom. The number of carbonyl (C=O) groups is 2. The number of esters is 1. The summed E-state index contributed by atoms with van der Waals surface area (Å²) >= 11 is 0. The van der Waals surface area contributed by atoms with Crippen molar-refractivity contribution < 1.29 is 23.8 Å². The van der Waals surface area contributed by atoms with Crippen LogP contribution in [0.4, 0.5) is 4.39 Å². The van der Waals surface area contributed by atoms with E-state index >= 15 is 0 Å². The Kier molecular flexibility index (Phi) is 7.09. The zero-order chi connectivity index (χ0) is 25.8. The highest BCUT2D eigenvalue weighted by Crippen LogP contribution is 2.26. The summed E-state index contributed by atoms with van der Waals surface area (Å²) in [6.45, 7) is -0.0634. The first kappa shape index (κ1) is 24.4. The molecule has 0 aliphatic carbocycles. The van der Waals surface area contributed by atoms with Crippen LogP contribution in [0.2, 0.25) is 0 Å². The SMILES string of the molecule is O=C(OCc1cn(-c2ccccc2)nc1-c1ccccc1)C1CC(O)CN1C(=O)Cc1ccccc1F. The average molecular weight is 500 g/mol. The topological polar surface area (TPSA) is 84.7 Å². The predicted molar refractivity (Wildman–Crippen MR) is 135 cm³/mol. The first-order valence-electron chi connectivity index (χ1n) is 12.1. The van der Waals surface area contributed by atoms with Crippen molar-refractivity contribution in [3.63, 3.8) is 0 Å². The van der Waals surface area contributed by atoms with Crippen molar-refractivity contribution in [1.29, 1.82) is 0 Å². The number of benzene rings is 3. The molecule has 0 saturated carbocycles. The summed E-state index contributed by atoms with van der Waals surface area (Å²) in [5.41, 5.74) is 3.35. The quantitative estimate of drug-likeness (QED) is 0.390. The van der Waals surface area contributed by atoms with Gasteiger partial charge in [-0.15, -0.1) is 0 Å². The lowest BCUT2D eigenvalue weighted by atomic mass is 10.1. The molecule has 1 aliphatic heterocycles. The summed E-state index contributed by atoms with van der Waals surface area (Å²) in [5.74, 6) is -1.55. The van der Waals surface area contributed by atoms with Crippen molar-refractivity contribution in [1.82, 2.24) is 14.7 Å². The number of hydrogen-bond donors (Lipinski definition) is 1. The van der Waals surface area contributed by atoms with Crippen molar-refractivity contribution in [3.05, 3.63) is 108 Å². The Balaban J connectivity index is 1.33. The maximum absolute atomic E-state index is 14.1. The van der Waals surface area contributed by atoms with Crippen molar-refractivity contribution >= 4 is 11.9 Å². The van der Waals surface area contributed by atoms with Gasteiger partial charge in [0, 0.05) is 30.3 Å². The molecule has 7 nitrogen and oxygen atoms in total. The van der Waals surface area contributed by atoms with E-state index in [0.29, 0.717) is 11.3 Å². The number of hydrogen-bond acceptors (Lipinski definition) is 5. The van der Waals surface area contributed by atoms with Gasteiger partial charge in [-0.1, -0.05) is 66.7 Å². The standard InChI is InChI=1S/C29H26FN3O4/c30-25-14-8-7-11-21(25)15-27(35)32-18-24(34)16-26(32)29(36)37-19-22-17-33(23-12-5-2-6-13-23)31-28(22)20-9-3-1-4-10-20/h1-14,17,24,26,34H,15-16,18-19H2. The molecule has 1 aliphatic rings. The molecule has 1 N–H and O–H groups in total. The molecule has 188 valence electrons.